The summed E-state index contributed by atoms with van der Waals surface area (Å²) < 4.78 is 11.9. The number of hydrogen-bond acceptors (Lipinski definition) is 7. The van der Waals surface area contributed by atoms with Gasteiger partial charge >= 0.3 is 5.97 Å². The Balaban J connectivity index is 1.87. The fraction of sp³-hybridized carbons (Fsp3) is 0.381. The molecule has 0 spiro atoms. The van der Waals surface area contributed by atoms with Crippen LogP contribution in [0.15, 0.2) is 34.2 Å². The minimum Gasteiger partial charge on any atom is -0.494 e. The molecule has 1 N–H and O–H groups in total. The number of aromatic nitrogens is 2. The molecule has 1 aromatic carbocycles. The second kappa shape index (κ2) is 8.79. The number of thiophene rings is 1. The third-order valence-electron chi connectivity index (χ3n) is 5.09. The summed E-state index contributed by atoms with van der Waals surface area (Å²) in [6.45, 7) is 4.41. The van der Waals surface area contributed by atoms with Crippen molar-refractivity contribution in [2.45, 2.75) is 25.0 Å². The molecule has 1 aliphatic rings. The number of methoxy groups -OCH3 is 1. The van der Waals surface area contributed by atoms with Gasteiger partial charge in [0.2, 0.25) is 0 Å². The number of nitrogens with one attached hydrogen (secondary N) is 1. The minimum absolute atomic E-state index is 0.0868. The standard InChI is InChI=1S/C21H23N3O4S2/c1-4-28-14-7-5-13(6-8-14)24-20(26)18-15-9-10-23(2)11-16(15)30-19(18)22-21(24)29-12-17(25)27-3/h5-8H,4,9-12H2,1-3H3/p+1. The van der Waals surface area contributed by atoms with Crippen molar-refractivity contribution in [3.8, 4) is 11.4 Å². The molecule has 9 heteroatoms. The van der Waals surface area contributed by atoms with Gasteiger partial charge in [0.05, 0.1) is 49.0 Å². The van der Waals surface area contributed by atoms with Crippen molar-refractivity contribution in [3.05, 3.63) is 45.1 Å². The zero-order chi connectivity index (χ0) is 21.3. The zero-order valence-electron chi connectivity index (χ0n) is 17.2. The SMILES string of the molecule is CCOc1ccc(-n2c(SCC(=O)OC)nc3sc4c(c3c2=O)CC[NH+](C)C4)cc1. The van der Waals surface area contributed by atoms with Crippen LogP contribution in [-0.4, -0.2) is 48.6 Å². The molecule has 7 nitrogen and oxygen atoms in total. The van der Waals surface area contributed by atoms with E-state index < -0.39 is 0 Å². The van der Waals surface area contributed by atoms with Gasteiger partial charge in [-0.3, -0.25) is 14.2 Å². The van der Waals surface area contributed by atoms with Gasteiger partial charge in [-0.15, -0.1) is 11.3 Å². The Morgan fingerprint density at radius 2 is 2.10 bits per heavy atom. The third kappa shape index (κ3) is 3.97. The molecule has 30 heavy (non-hydrogen) atoms. The van der Waals surface area contributed by atoms with Crippen LogP contribution in [0.4, 0.5) is 0 Å². The predicted octanol–water partition coefficient (Wildman–Crippen LogP) is 1.68. The number of esters is 1. The first-order valence-corrected chi connectivity index (χ1v) is 11.6. The Morgan fingerprint density at radius 1 is 1.33 bits per heavy atom. The highest BCUT2D eigenvalue weighted by Crippen LogP contribution is 2.32. The van der Waals surface area contributed by atoms with Gasteiger partial charge in [0, 0.05) is 6.42 Å². The molecule has 1 aliphatic heterocycles. The van der Waals surface area contributed by atoms with Crippen LogP contribution in [0.3, 0.4) is 0 Å². The lowest BCUT2D eigenvalue weighted by Gasteiger charge is -2.19. The first-order valence-electron chi connectivity index (χ1n) is 9.83. The van der Waals surface area contributed by atoms with Gasteiger partial charge in [-0.25, -0.2) is 4.98 Å². The average molecular weight is 447 g/mol. The molecule has 0 bridgehead atoms. The average Bonchev–Trinajstić information content (AvgIpc) is 3.10. The normalized spacial score (nSPS) is 15.8. The van der Waals surface area contributed by atoms with Crippen molar-refractivity contribution in [2.75, 3.05) is 33.1 Å². The van der Waals surface area contributed by atoms with Crippen LogP contribution in [0.5, 0.6) is 5.75 Å². The topological polar surface area (TPSA) is 74.9 Å². The third-order valence-corrected chi connectivity index (χ3v) is 7.13. The molecular formula is C21H24N3O4S2+. The van der Waals surface area contributed by atoms with E-state index in [4.69, 9.17) is 14.5 Å². The van der Waals surface area contributed by atoms with Gasteiger partial charge in [-0.2, -0.15) is 0 Å². The molecule has 3 aromatic rings. The van der Waals surface area contributed by atoms with E-state index in [2.05, 4.69) is 7.05 Å². The lowest BCUT2D eigenvalue weighted by Crippen LogP contribution is -3.08. The number of benzene rings is 1. The maximum Gasteiger partial charge on any atom is 0.316 e. The second-order valence-corrected chi connectivity index (χ2v) is 9.17. The van der Waals surface area contributed by atoms with Gasteiger partial charge in [0.15, 0.2) is 5.16 Å². The van der Waals surface area contributed by atoms with E-state index in [-0.39, 0.29) is 17.3 Å². The maximum atomic E-state index is 13.7. The summed E-state index contributed by atoms with van der Waals surface area (Å²) in [4.78, 5) is 33.6. The van der Waals surface area contributed by atoms with Gasteiger partial charge in [0.1, 0.15) is 17.1 Å². The summed E-state index contributed by atoms with van der Waals surface area (Å²) in [6, 6.07) is 7.37. The number of rotatable bonds is 6. The fourth-order valence-corrected chi connectivity index (χ4v) is 5.83. The maximum absolute atomic E-state index is 13.7. The van der Waals surface area contributed by atoms with Crippen LogP contribution in [0.1, 0.15) is 17.4 Å². The number of carbonyl (C=O) groups excluding carboxylic acids is 1. The number of nitrogens with zero attached hydrogens (tertiary/aromatic N) is 2. The molecule has 2 aromatic heterocycles. The van der Waals surface area contributed by atoms with Gasteiger partial charge in [-0.05, 0) is 36.8 Å². The molecule has 0 amide bonds. The summed E-state index contributed by atoms with van der Waals surface area (Å²) in [5.74, 6) is 0.470. The molecule has 158 valence electrons. The first-order chi connectivity index (χ1) is 14.5. The fourth-order valence-electron chi connectivity index (χ4n) is 3.61. The second-order valence-electron chi connectivity index (χ2n) is 7.14. The van der Waals surface area contributed by atoms with Gasteiger partial charge in [-0.1, -0.05) is 11.8 Å². The predicted molar refractivity (Wildman–Crippen MR) is 118 cm³/mol. The number of quaternary nitrogens is 1. The summed E-state index contributed by atoms with van der Waals surface area (Å²) in [7, 11) is 3.52. The van der Waals surface area contributed by atoms with Crippen LogP contribution in [0.2, 0.25) is 0 Å². The number of hydrogen-bond donors (Lipinski definition) is 1. The lowest BCUT2D eigenvalue weighted by atomic mass is 10.1. The number of thioether (sulfide) groups is 1. The van der Waals surface area contributed by atoms with E-state index in [0.29, 0.717) is 22.8 Å². The smallest absolute Gasteiger partial charge is 0.316 e. The van der Waals surface area contributed by atoms with E-state index in [1.165, 1.54) is 28.6 Å². The quantitative estimate of drug-likeness (QED) is 0.353. The Morgan fingerprint density at radius 3 is 2.80 bits per heavy atom. The van der Waals surface area contributed by atoms with Crippen LogP contribution in [0.25, 0.3) is 15.9 Å². The van der Waals surface area contributed by atoms with E-state index in [0.717, 1.165) is 35.7 Å². The molecule has 4 rings (SSSR count). The lowest BCUT2D eigenvalue weighted by molar-refractivity contribution is -0.895. The van der Waals surface area contributed by atoms with E-state index in [1.807, 2.05) is 31.2 Å². The molecule has 1 unspecified atom stereocenters. The largest absolute Gasteiger partial charge is 0.494 e. The van der Waals surface area contributed by atoms with Crippen LogP contribution in [0, 0.1) is 0 Å². The van der Waals surface area contributed by atoms with Crippen molar-refractivity contribution in [1.82, 2.24) is 9.55 Å². The molecular weight excluding hydrogens is 422 g/mol. The van der Waals surface area contributed by atoms with E-state index in [9.17, 15) is 9.59 Å². The zero-order valence-corrected chi connectivity index (χ0v) is 18.8. The van der Waals surface area contributed by atoms with Crippen LogP contribution < -0.4 is 15.2 Å². The molecule has 0 saturated carbocycles. The van der Waals surface area contributed by atoms with Crippen LogP contribution in [-0.2, 0) is 22.5 Å². The summed E-state index contributed by atoms with van der Waals surface area (Å²) in [5, 5.41) is 1.19. The molecule has 0 radical (unpaired) electrons. The van der Waals surface area contributed by atoms with Crippen molar-refractivity contribution in [2.24, 2.45) is 0 Å². The monoisotopic (exact) mass is 446 g/mol. The summed E-state index contributed by atoms with van der Waals surface area (Å²) in [5.41, 5.74) is 1.74. The number of fused-ring (bicyclic) bond motifs is 3. The van der Waals surface area contributed by atoms with Crippen molar-refractivity contribution in [3.63, 3.8) is 0 Å². The molecule has 0 fully saturated rings. The molecule has 3 heterocycles. The summed E-state index contributed by atoms with van der Waals surface area (Å²) >= 11 is 2.80. The summed E-state index contributed by atoms with van der Waals surface area (Å²) in [6.07, 6.45) is 0.871. The van der Waals surface area contributed by atoms with E-state index >= 15 is 0 Å². The highest BCUT2D eigenvalue weighted by molar-refractivity contribution is 7.99. The Hall–Kier alpha value is -2.36. The molecule has 1 atom stereocenters. The molecule has 0 aliphatic carbocycles. The van der Waals surface area contributed by atoms with E-state index in [1.54, 1.807) is 15.9 Å². The number of ether oxygens (including phenoxy) is 2. The highest BCUT2D eigenvalue weighted by Gasteiger charge is 2.26. The van der Waals surface area contributed by atoms with Crippen LogP contribution >= 0.6 is 23.1 Å². The highest BCUT2D eigenvalue weighted by atomic mass is 32.2. The Kier molecular flexibility index (Phi) is 6.12. The van der Waals surface area contributed by atoms with Crippen molar-refractivity contribution < 1.29 is 19.2 Å². The Bertz CT molecular complexity index is 1140. The number of carbonyl (C=O) groups is 1. The first kappa shape index (κ1) is 20.9. The van der Waals surface area contributed by atoms with Gasteiger partial charge in [0.25, 0.3) is 5.56 Å². The number of likely N-dealkylation sites (N-methyl/N-ethyl adjacent to an activating group) is 1. The van der Waals surface area contributed by atoms with Gasteiger partial charge < -0.3 is 14.4 Å². The Labute approximate surface area is 182 Å². The molecule has 0 saturated heterocycles. The van der Waals surface area contributed by atoms with Crippen molar-refractivity contribution in [1.29, 1.82) is 0 Å². The minimum atomic E-state index is -0.358. The van der Waals surface area contributed by atoms with Crippen molar-refractivity contribution >= 4 is 39.3 Å².